The molecule has 0 spiro atoms. The largest absolute Gasteiger partial charge is 0.507 e. The maximum Gasteiger partial charge on any atom is 0.295 e. The molecule has 1 heterocycles. The number of Topliss-reactive ketones (excluding diaryl/α,β-unsaturated/α-hetero) is 1. The van der Waals surface area contributed by atoms with E-state index >= 15 is 0 Å². The van der Waals surface area contributed by atoms with Crippen molar-refractivity contribution in [2.24, 2.45) is 0 Å². The van der Waals surface area contributed by atoms with Crippen molar-refractivity contribution in [2.45, 2.75) is 44.7 Å². The summed E-state index contributed by atoms with van der Waals surface area (Å²) >= 11 is 0. The summed E-state index contributed by atoms with van der Waals surface area (Å²) in [6.45, 7) is 1.96. The van der Waals surface area contributed by atoms with Gasteiger partial charge in [0.15, 0.2) is 0 Å². The van der Waals surface area contributed by atoms with Gasteiger partial charge in [0, 0.05) is 11.6 Å². The first-order chi connectivity index (χ1) is 14.0. The zero-order valence-electron chi connectivity index (χ0n) is 16.7. The number of aliphatic hydroxyl groups is 1. The number of carbonyl (C=O) groups excluding carboxylic acids is 2. The van der Waals surface area contributed by atoms with Gasteiger partial charge >= 0.3 is 0 Å². The number of likely N-dealkylation sites (tertiary alicyclic amines) is 1. The van der Waals surface area contributed by atoms with Crippen molar-refractivity contribution in [3.8, 4) is 5.75 Å². The number of hydrogen-bond acceptors (Lipinski definition) is 4. The topological polar surface area (TPSA) is 66.8 Å². The first-order valence-electron chi connectivity index (χ1n) is 10.0. The predicted molar refractivity (Wildman–Crippen MR) is 111 cm³/mol. The molecule has 1 saturated heterocycles. The molecule has 5 heteroatoms. The molecule has 1 atom stereocenters. The first kappa shape index (κ1) is 19.2. The van der Waals surface area contributed by atoms with Gasteiger partial charge in [-0.1, -0.05) is 54.8 Å². The molecule has 1 saturated carbocycles. The van der Waals surface area contributed by atoms with Gasteiger partial charge in [-0.05, 0) is 37.5 Å². The lowest BCUT2D eigenvalue weighted by Gasteiger charge is -2.31. The Labute approximate surface area is 170 Å². The van der Waals surface area contributed by atoms with Crippen molar-refractivity contribution in [2.75, 3.05) is 7.11 Å². The van der Waals surface area contributed by atoms with Crippen LogP contribution in [0.3, 0.4) is 0 Å². The molecular weight excluding hydrogens is 366 g/mol. The maximum absolute atomic E-state index is 13.1. The highest BCUT2D eigenvalue weighted by Crippen LogP contribution is 2.43. The Morgan fingerprint density at radius 3 is 2.41 bits per heavy atom. The molecule has 1 amide bonds. The van der Waals surface area contributed by atoms with E-state index in [0.29, 0.717) is 11.3 Å². The van der Waals surface area contributed by atoms with Crippen molar-refractivity contribution < 1.29 is 19.4 Å². The van der Waals surface area contributed by atoms with E-state index in [-0.39, 0.29) is 17.4 Å². The summed E-state index contributed by atoms with van der Waals surface area (Å²) in [5.41, 5.74) is 2.51. The highest BCUT2D eigenvalue weighted by atomic mass is 16.5. The van der Waals surface area contributed by atoms with Crippen LogP contribution < -0.4 is 4.74 Å². The second-order valence-electron chi connectivity index (χ2n) is 7.79. The summed E-state index contributed by atoms with van der Waals surface area (Å²) in [5, 5.41) is 11.1. The first-order valence-corrected chi connectivity index (χ1v) is 10.0. The fourth-order valence-electron chi connectivity index (χ4n) is 4.41. The van der Waals surface area contributed by atoms with Crippen molar-refractivity contribution in [3.63, 3.8) is 0 Å². The Morgan fingerprint density at radius 2 is 1.76 bits per heavy atom. The predicted octanol–water partition coefficient (Wildman–Crippen LogP) is 4.37. The third kappa shape index (κ3) is 3.41. The van der Waals surface area contributed by atoms with E-state index in [1.807, 2.05) is 43.3 Å². The lowest BCUT2D eigenvalue weighted by atomic mass is 9.94. The molecule has 0 bridgehead atoms. The van der Waals surface area contributed by atoms with Crippen LogP contribution in [-0.2, 0) is 9.59 Å². The molecular formula is C24H25NO4. The fourth-order valence-corrected chi connectivity index (χ4v) is 4.41. The van der Waals surface area contributed by atoms with Gasteiger partial charge < -0.3 is 14.7 Å². The zero-order chi connectivity index (χ0) is 20.5. The van der Waals surface area contributed by atoms with Crippen molar-refractivity contribution in [1.82, 2.24) is 4.90 Å². The Hall–Kier alpha value is -3.08. The number of ether oxygens (including phenoxy) is 1. The molecule has 5 nitrogen and oxygen atoms in total. The average Bonchev–Trinajstić information content (AvgIpc) is 3.35. The van der Waals surface area contributed by atoms with Crippen LogP contribution >= 0.6 is 0 Å². The number of ketones is 1. The molecule has 0 radical (unpaired) electrons. The number of benzene rings is 2. The minimum atomic E-state index is -0.622. The molecule has 1 N–H and O–H groups in total. The summed E-state index contributed by atoms with van der Waals surface area (Å²) in [7, 11) is 1.58. The van der Waals surface area contributed by atoms with E-state index in [0.717, 1.165) is 36.8 Å². The number of methoxy groups -OCH3 is 1. The van der Waals surface area contributed by atoms with E-state index < -0.39 is 17.7 Å². The average molecular weight is 391 g/mol. The fraction of sp³-hybridized carbons (Fsp3) is 0.333. The standard InChI is InChI=1S/C24H25NO4/c1-15-10-12-16(13-11-15)22(26)20-21(17-6-5-9-19(14-17)29-2)25(24(28)23(20)27)18-7-3-4-8-18/h5-6,9-14,18,21,26H,3-4,7-8H2,1-2H3/b22-20-. The number of carbonyl (C=O) groups is 2. The number of rotatable bonds is 4. The molecule has 1 aliphatic heterocycles. The molecule has 29 heavy (non-hydrogen) atoms. The van der Waals surface area contributed by atoms with Crippen LogP contribution in [0.5, 0.6) is 5.75 Å². The maximum atomic E-state index is 13.1. The normalized spacial score (nSPS) is 21.7. The van der Waals surface area contributed by atoms with Crippen LogP contribution in [0.2, 0.25) is 0 Å². The van der Waals surface area contributed by atoms with E-state index in [1.165, 1.54) is 0 Å². The Balaban J connectivity index is 1.89. The second kappa shape index (κ2) is 7.74. The summed E-state index contributed by atoms with van der Waals surface area (Å²) in [6, 6.07) is 14.1. The van der Waals surface area contributed by atoms with Crippen LogP contribution in [0.1, 0.15) is 48.4 Å². The van der Waals surface area contributed by atoms with Gasteiger partial charge in [-0.3, -0.25) is 9.59 Å². The molecule has 2 aliphatic rings. The van der Waals surface area contributed by atoms with E-state index in [2.05, 4.69) is 0 Å². The number of aliphatic hydroxyl groups excluding tert-OH is 1. The molecule has 2 fully saturated rings. The Bertz CT molecular complexity index is 971. The number of nitrogens with zero attached hydrogens (tertiary/aromatic N) is 1. The summed E-state index contributed by atoms with van der Waals surface area (Å²) in [5.74, 6) is -0.632. The van der Waals surface area contributed by atoms with Crippen LogP contribution in [0.4, 0.5) is 0 Å². The summed E-state index contributed by atoms with van der Waals surface area (Å²) in [4.78, 5) is 27.8. The monoisotopic (exact) mass is 391 g/mol. The third-order valence-corrected chi connectivity index (χ3v) is 5.93. The second-order valence-corrected chi connectivity index (χ2v) is 7.79. The number of amides is 1. The van der Waals surface area contributed by atoms with Crippen molar-refractivity contribution in [3.05, 3.63) is 70.8 Å². The highest BCUT2D eigenvalue weighted by Gasteiger charge is 2.49. The van der Waals surface area contributed by atoms with Gasteiger partial charge in [0.25, 0.3) is 11.7 Å². The lowest BCUT2D eigenvalue weighted by Crippen LogP contribution is -2.37. The van der Waals surface area contributed by atoms with Gasteiger partial charge in [-0.2, -0.15) is 0 Å². The summed E-state index contributed by atoms with van der Waals surface area (Å²) in [6.07, 6.45) is 3.82. The number of hydrogen-bond donors (Lipinski definition) is 1. The molecule has 2 aromatic rings. The van der Waals surface area contributed by atoms with E-state index in [9.17, 15) is 14.7 Å². The molecule has 1 aliphatic carbocycles. The molecule has 150 valence electrons. The van der Waals surface area contributed by atoms with E-state index in [1.54, 1.807) is 24.1 Å². The SMILES string of the molecule is COc1cccc(C2/C(=C(/O)c3ccc(C)cc3)C(=O)C(=O)N2C2CCCC2)c1. The van der Waals surface area contributed by atoms with Gasteiger partial charge in [-0.25, -0.2) is 0 Å². The molecule has 4 rings (SSSR count). The zero-order valence-corrected chi connectivity index (χ0v) is 16.7. The lowest BCUT2D eigenvalue weighted by molar-refractivity contribution is -0.141. The summed E-state index contributed by atoms with van der Waals surface area (Å²) < 4.78 is 5.36. The van der Waals surface area contributed by atoms with Gasteiger partial charge in [0.05, 0.1) is 18.7 Å². The van der Waals surface area contributed by atoms with Crippen LogP contribution in [0.25, 0.3) is 5.76 Å². The minimum absolute atomic E-state index is 0.00553. The van der Waals surface area contributed by atoms with Gasteiger partial charge in [-0.15, -0.1) is 0 Å². The van der Waals surface area contributed by atoms with Gasteiger partial charge in [0.1, 0.15) is 11.5 Å². The molecule has 0 aromatic heterocycles. The van der Waals surface area contributed by atoms with Gasteiger partial charge in [0.2, 0.25) is 0 Å². The number of aryl methyl sites for hydroxylation is 1. The Morgan fingerprint density at radius 1 is 1.07 bits per heavy atom. The van der Waals surface area contributed by atoms with Crippen molar-refractivity contribution in [1.29, 1.82) is 0 Å². The van der Waals surface area contributed by atoms with E-state index in [4.69, 9.17) is 4.74 Å². The Kier molecular flexibility index (Phi) is 5.14. The third-order valence-electron chi connectivity index (χ3n) is 5.93. The van der Waals surface area contributed by atoms with Crippen molar-refractivity contribution >= 4 is 17.4 Å². The van der Waals surface area contributed by atoms with Crippen LogP contribution in [0, 0.1) is 6.92 Å². The highest BCUT2D eigenvalue weighted by molar-refractivity contribution is 6.46. The minimum Gasteiger partial charge on any atom is -0.507 e. The molecule has 2 aromatic carbocycles. The smallest absolute Gasteiger partial charge is 0.295 e. The molecule has 1 unspecified atom stereocenters. The van der Waals surface area contributed by atoms with Crippen LogP contribution in [-0.4, -0.2) is 34.8 Å². The van der Waals surface area contributed by atoms with Crippen LogP contribution in [0.15, 0.2) is 54.1 Å². The quantitative estimate of drug-likeness (QED) is 0.477.